The molecule has 23 heavy (non-hydrogen) atoms. The van der Waals surface area contributed by atoms with Crippen molar-refractivity contribution in [2.24, 2.45) is 0 Å². The standard InChI is InChI=1S/C16H13N3O2S.BrH/c1-2-13-9-12(7-8-17-13)16-18-15(10-22-16)11-3-5-14(6-4-11)19(20)21;/h3-10H,2H2,1H3;1H. The average Bonchev–Trinajstić information content (AvgIpc) is 3.05. The smallest absolute Gasteiger partial charge is 0.261 e. The first-order valence-electron chi connectivity index (χ1n) is 6.83. The lowest BCUT2D eigenvalue weighted by molar-refractivity contribution is -0.384. The Morgan fingerprint density at radius 1 is 1.17 bits per heavy atom. The fourth-order valence-corrected chi connectivity index (χ4v) is 2.92. The Morgan fingerprint density at radius 3 is 2.57 bits per heavy atom. The lowest BCUT2D eigenvalue weighted by atomic mass is 10.1. The molecule has 0 atom stereocenters. The number of hydrogen-bond donors (Lipinski definition) is 0. The highest BCUT2D eigenvalue weighted by Crippen LogP contribution is 2.29. The van der Waals surface area contributed by atoms with Crippen LogP contribution in [0.1, 0.15) is 12.6 Å². The van der Waals surface area contributed by atoms with Crippen molar-refractivity contribution in [2.45, 2.75) is 13.3 Å². The highest BCUT2D eigenvalue weighted by Gasteiger charge is 2.09. The van der Waals surface area contributed by atoms with E-state index in [9.17, 15) is 10.1 Å². The molecule has 0 amide bonds. The molecule has 0 saturated carbocycles. The van der Waals surface area contributed by atoms with Gasteiger partial charge in [-0.25, -0.2) is 4.98 Å². The fourth-order valence-electron chi connectivity index (χ4n) is 2.10. The van der Waals surface area contributed by atoms with Crippen LogP contribution in [0.2, 0.25) is 0 Å². The molecule has 0 aliphatic carbocycles. The molecule has 3 aromatic rings. The maximum Gasteiger partial charge on any atom is 0.269 e. The van der Waals surface area contributed by atoms with Gasteiger partial charge in [-0.3, -0.25) is 15.1 Å². The number of non-ortho nitro benzene ring substituents is 1. The number of halogens is 1. The minimum absolute atomic E-state index is 0. The second-order valence-corrected chi connectivity index (χ2v) is 5.59. The third kappa shape index (κ3) is 3.80. The third-order valence-electron chi connectivity index (χ3n) is 3.30. The summed E-state index contributed by atoms with van der Waals surface area (Å²) < 4.78 is 0. The Kier molecular flexibility index (Phi) is 5.57. The normalized spacial score (nSPS) is 10.1. The van der Waals surface area contributed by atoms with E-state index in [2.05, 4.69) is 16.9 Å². The van der Waals surface area contributed by atoms with Crippen molar-refractivity contribution in [3.63, 3.8) is 0 Å². The topological polar surface area (TPSA) is 68.9 Å². The van der Waals surface area contributed by atoms with Crippen LogP contribution < -0.4 is 0 Å². The summed E-state index contributed by atoms with van der Waals surface area (Å²) in [5.74, 6) is 0. The van der Waals surface area contributed by atoms with Crippen molar-refractivity contribution in [3.8, 4) is 21.8 Å². The molecule has 0 N–H and O–H groups in total. The number of aryl methyl sites for hydroxylation is 1. The van der Waals surface area contributed by atoms with Gasteiger partial charge in [-0.05, 0) is 30.7 Å². The average molecular weight is 392 g/mol. The van der Waals surface area contributed by atoms with Crippen molar-refractivity contribution in [2.75, 3.05) is 0 Å². The molecule has 0 fully saturated rings. The summed E-state index contributed by atoms with van der Waals surface area (Å²) in [6.07, 6.45) is 2.68. The molecular formula is C16H14BrN3O2S. The first-order chi connectivity index (χ1) is 10.7. The number of benzene rings is 1. The summed E-state index contributed by atoms with van der Waals surface area (Å²) in [5, 5.41) is 13.6. The molecule has 0 bridgehead atoms. The van der Waals surface area contributed by atoms with Crippen molar-refractivity contribution in [1.82, 2.24) is 9.97 Å². The van der Waals surface area contributed by atoms with Gasteiger partial charge in [-0.1, -0.05) is 6.92 Å². The van der Waals surface area contributed by atoms with Crippen LogP contribution in [0.25, 0.3) is 21.8 Å². The van der Waals surface area contributed by atoms with Crippen molar-refractivity contribution < 1.29 is 4.92 Å². The van der Waals surface area contributed by atoms with Gasteiger partial charge in [0.1, 0.15) is 5.01 Å². The number of pyridine rings is 1. The second-order valence-electron chi connectivity index (χ2n) is 4.73. The van der Waals surface area contributed by atoms with Gasteiger partial charge in [0.2, 0.25) is 0 Å². The Bertz CT molecular complexity index is 818. The van der Waals surface area contributed by atoms with Crippen molar-refractivity contribution in [1.29, 1.82) is 0 Å². The van der Waals surface area contributed by atoms with E-state index in [0.717, 1.165) is 33.9 Å². The van der Waals surface area contributed by atoms with E-state index in [4.69, 9.17) is 0 Å². The van der Waals surface area contributed by atoms with Gasteiger partial charge in [0.05, 0.1) is 10.6 Å². The summed E-state index contributed by atoms with van der Waals surface area (Å²) in [5.41, 5.74) is 3.86. The van der Waals surface area contributed by atoms with Crippen molar-refractivity contribution >= 4 is 34.0 Å². The number of aromatic nitrogens is 2. The lowest BCUT2D eigenvalue weighted by Crippen LogP contribution is -1.88. The molecule has 3 rings (SSSR count). The van der Waals surface area contributed by atoms with Crippen LogP contribution in [-0.4, -0.2) is 14.9 Å². The fraction of sp³-hybridized carbons (Fsp3) is 0.125. The highest BCUT2D eigenvalue weighted by atomic mass is 79.9. The molecule has 118 valence electrons. The van der Waals surface area contributed by atoms with Gasteiger partial charge in [0.25, 0.3) is 5.69 Å². The first kappa shape index (κ1) is 17.2. The molecule has 1 aromatic carbocycles. The van der Waals surface area contributed by atoms with Gasteiger partial charge < -0.3 is 0 Å². The van der Waals surface area contributed by atoms with E-state index in [-0.39, 0.29) is 22.7 Å². The largest absolute Gasteiger partial charge is 0.269 e. The number of thiazole rings is 1. The van der Waals surface area contributed by atoms with E-state index in [1.807, 2.05) is 17.5 Å². The minimum Gasteiger partial charge on any atom is -0.261 e. The Hall–Kier alpha value is -2.12. The SMILES string of the molecule is Br.CCc1cc(-c2nc(-c3ccc([N+](=O)[O-])cc3)cs2)ccn1. The quantitative estimate of drug-likeness (QED) is 0.467. The van der Waals surface area contributed by atoms with E-state index in [1.165, 1.54) is 12.1 Å². The number of hydrogen-bond acceptors (Lipinski definition) is 5. The molecule has 0 spiro atoms. The van der Waals surface area contributed by atoms with Crippen LogP contribution >= 0.6 is 28.3 Å². The second kappa shape index (κ2) is 7.43. The molecule has 0 saturated heterocycles. The zero-order valence-corrected chi connectivity index (χ0v) is 14.8. The summed E-state index contributed by atoms with van der Waals surface area (Å²) >= 11 is 1.55. The summed E-state index contributed by atoms with van der Waals surface area (Å²) in [6, 6.07) is 10.4. The maximum absolute atomic E-state index is 10.7. The molecule has 5 nitrogen and oxygen atoms in total. The van der Waals surface area contributed by atoms with Crippen LogP contribution in [0.15, 0.2) is 48.0 Å². The monoisotopic (exact) mass is 391 g/mol. The maximum atomic E-state index is 10.7. The zero-order chi connectivity index (χ0) is 15.5. The number of nitrogens with zero attached hydrogens (tertiary/aromatic N) is 3. The predicted octanol–water partition coefficient (Wildman–Crippen LogP) is 4.92. The van der Waals surface area contributed by atoms with Gasteiger partial charge in [0, 0.05) is 40.5 Å². The molecule has 0 radical (unpaired) electrons. The predicted molar refractivity (Wildman–Crippen MR) is 97.1 cm³/mol. The van der Waals surface area contributed by atoms with Crippen molar-refractivity contribution in [3.05, 3.63) is 63.8 Å². The highest BCUT2D eigenvalue weighted by molar-refractivity contribution is 8.93. The first-order valence-corrected chi connectivity index (χ1v) is 7.71. The van der Waals surface area contributed by atoms with Gasteiger partial charge in [-0.2, -0.15) is 0 Å². The van der Waals surface area contributed by atoms with Crippen LogP contribution in [0.5, 0.6) is 0 Å². The Labute approximate surface area is 148 Å². The van der Waals surface area contributed by atoms with E-state index in [0.29, 0.717) is 0 Å². The summed E-state index contributed by atoms with van der Waals surface area (Å²) in [4.78, 5) is 19.2. The number of nitro benzene ring substituents is 1. The van der Waals surface area contributed by atoms with E-state index >= 15 is 0 Å². The number of nitro groups is 1. The molecule has 0 aliphatic heterocycles. The van der Waals surface area contributed by atoms with Crippen LogP contribution in [0.4, 0.5) is 5.69 Å². The van der Waals surface area contributed by atoms with Crippen LogP contribution in [0, 0.1) is 10.1 Å². The minimum atomic E-state index is -0.403. The Morgan fingerprint density at radius 2 is 1.91 bits per heavy atom. The molecule has 2 aromatic heterocycles. The molecule has 0 unspecified atom stereocenters. The number of rotatable bonds is 4. The van der Waals surface area contributed by atoms with E-state index in [1.54, 1.807) is 29.7 Å². The van der Waals surface area contributed by atoms with Gasteiger partial charge in [-0.15, -0.1) is 28.3 Å². The molecule has 0 aliphatic rings. The summed E-state index contributed by atoms with van der Waals surface area (Å²) in [6.45, 7) is 2.07. The van der Waals surface area contributed by atoms with Crippen LogP contribution in [0.3, 0.4) is 0 Å². The lowest BCUT2D eigenvalue weighted by Gasteiger charge is -1.99. The molecular weight excluding hydrogens is 378 g/mol. The third-order valence-corrected chi connectivity index (χ3v) is 4.20. The molecule has 2 heterocycles. The molecule has 7 heteroatoms. The Balaban J connectivity index is 0.00000192. The van der Waals surface area contributed by atoms with E-state index < -0.39 is 4.92 Å². The van der Waals surface area contributed by atoms with Crippen LogP contribution in [-0.2, 0) is 6.42 Å². The zero-order valence-electron chi connectivity index (χ0n) is 12.3. The summed E-state index contributed by atoms with van der Waals surface area (Å²) in [7, 11) is 0. The van der Waals surface area contributed by atoms with Gasteiger partial charge in [0.15, 0.2) is 0 Å². The van der Waals surface area contributed by atoms with Gasteiger partial charge >= 0.3 is 0 Å².